The molecule has 0 aromatic carbocycles. The topological polar surface area (TPSA) is 54.3 Å². The van der Waals surface area contributed by atoms with Crippen molar-refractivity contribution in [1.29, 1.82) is 0 Å². The summed E-state index contributed by atoms with van der Waals surface area (Å²) in [5.41, 5.74) is 0. The second-order valence-electron chi connectivity index (χ2n) is 4.97. The van der Waals surface area contributed by atoms with Gasteiger partial charge in [-0.1, -0.05) is 13.8 Å². The molecule has 19 heavy (non-hydrogen) atoms. The highest BCUT2D eigenvalue weighted by molar-refractivity contribution is 5.78. The average molecular weight is 265 g/mol. The maximum absolute atomic E-state index is 12.3. The van der Waals surface area contributed by atoms with Gasteiger partial charge in [-0.3, -0.25) is 9.69 Å². The molecule has 0 bridgehead atoms. The average Bonchev–Trinajstić information content (AvgIpc) is 2.99. The van der Waals surface area contributed by atoms with E-state index in [9.17, 15) is 4.79 Å². The Morgan fingerprint density at radius 1 is 1.42 bits per heavy atom. The molecular formula is C13H23N5O. The van der Waals surface area contributed by atoms with E-state index >= 15 is 0 Å². The number of hydrogen-bond donors (Lipinski definition) is 0. The number of hydrogen-bond acceptors (Lipinski definition) is 4. The van der Waals surface area contributed by atoms with Crippen LogP contribution in [0.4, 0.5) is 0 Å². The summed E-state index contributed by atoms with van der Waals surface area (Å²) in [6.45, 7) is 8.16. The Hall–Kier alpha value is -1.43. The van der Waals surface area contributed by atoms with Gasteiger partial charge in [0.1, 0.15) is 12.7 Å². The fraction of sp³-hybridized carbons (Fsp3) is 0.769. The van der Waals surface area contributed by atoms with Crippen LogP contribution in [0.2, 0.25) is 0 Å². The summed E-state index contributed by atoms with van der Waals surface area (Å²) in [4.78, 5) is 20.4. The molecule has 1 aromatic heterocycles. The lowest BCUT2D eigenvalue weighted by atomic mass is 10.1. The Morgan fingerprint density at radius 2 is 2.21 bits per heavy atom. The minimum Gasteiger partial charge on any atom is -0.339 e. The van der Waals surface area contributed by atoms with Crippen LogP contribution in [0.3, 0.4) is 0 Å². The van der Waals surface area contributed by atoms with Gasteiger partial charge in [-0.25, -0.2) is 9.67 Å². The van der Waals surface area contributed by atoms with Crippen molar-refractivity contribution in [3.63, 3.8) is 0 Å². The maximum Gasteiger partial charge on any atom is 0.236 e. The van der Waals surface area contributed by atoms with Gasteiger partial charge in [0.25, 0.3) is 0 Å². The fourth-order valence-electron chi connectivity index (χ4n) is 2.54. The van der Waals surface area contributed by atoms with Crippen LogP contribution in [-0.4, -0.2) is 63.2 Å². The lowest BCUT2D eigenvalue weighted by molar-refractivity contribution is -0.134. The number of likely N-dealkylation sites (tertiary alicyclic amines) is 1. The van der Waals surface area contributed by atoms with Gasteiger partial charge < -0.3 is 4.90 Å². The van der Waals surface area contributed by atoms with Crippen LogP contribution in [0, 0.1) is 0 Å². The minimum absolute atomic E-state index is 0.230. The summed E-state index contributed by atoms with van der Waals surface area (Å²) < 4.78 is 1.87. The van der Waals surface area contributed by atoms with Gasteiger partial charge in [0, 0.05) is 13.1 Å². The summed E-state index contributed by atoms with van der Waals surface area (Å²) in [6.07, 6.45) is 5.40. The third-order valence-electron chi connectivity index (χ3n) is 3.81. The van der Waals surface area contributed by atoms with E-state index in [0.29, 0.717) is 6.54 Å². The molecule has 1 aromatic rings. The highest BCUT2D eigenvalue weighted by atomic mass is 16.2. The first kappa shape index (κ1) is 14.0. The number of rotatable bonds is 5. The van der Waals surface area contributed by atoms with Crippen molar-refractivity contribution < 1.29 is 4.79 Å². The van der Waals surface area contributed by atoms with Gasteiger partial charge in [-0.05, 0) is 25.9 Å². The molecule has 1 fully saturated rings. The molecule has 1 atom stereocenters. The van der Waals surface area contributed by atoms with Crippen molar-refractivity contribution in [2.45, 2.75) is 32.7 Å². The molecule has 0 unspecified atom stereocenters. The molecule has 1 amide bonds. The molecule has 106 valence electrons. The van der Waals surface area contributed by atoms with Crippen molar-refractivity contribution in [2.75, 3.05) is 32.7 Å². The smallest absolute Gasteiger partial charge is 0.236 e. The second kappa shape index (κ2) is 6.65. The van der Waals surface area contributed by atoms with Crippen LogP contribution in [0.5, 0.6) is 0 Å². The molecular weight excluding hydrogens is 242 g/mol. The third kappa shape index (κ3) is 3.53. The quantitative estimate of drug-likeness (QED) is 0.789. The molecule has 6 heteroatoms. The van der Waals surface area contributed by atoms with E-state index in [1.165, 1.54) is 0 Å². The van der Waals surface area contributed by atoms with Gasteiger partial charge in [0.05, 0.1) is 12.6 Å². The van der Waals surface area contributed by atoms with Gasteiger partial charge in [0.2, 0.25) is 5.91 Å². The van der Waals surface area contributed by atoms with Gasteiger partial charge in [0.15, 0.2) is 0 Å². The van der Waals surface area contributed by atoms with E-state index in [-0.39, 0.29) is 11.9 Å². The second-order valence-corrected chi connectivity index (χ2v) is 4.97. The molecule has 2 heterocycles. The zero-order valence-electron chi connectivity index (χ0n) is 11.8. The SMILES string of the molecule is CCN(CC)CC(=O)N1CCC[C@H](n2cncn2)C1. The monoisotopic (exact) mass is 265 g/mol. The number of aromatic nitrogens is 3. The van der Waals surface area contributed by atoms with Gasteiger partial charge in [-0.2, -0.15) is 5.10 Å². The zero-order valence-corrected chi connectivity index (χ0v) is 11.8. The van der Waals surface area contributed by atoms with Crippen molar-refractivity contribution >= 4 is 5.91 Å². The molecule has 0 radical (unpaired) electrons. The zero-order chi connectivity index (χ0) is 13.7. The number of nitrogens with zero attached hydrogens (tertiary/aromatic N) is 5. The summed E-state index contributed by atoms with van der Waals surface area (Å²) >= 11 is 0. The summed E-state index contributed by atoms with van der Waals surface area (Å²) in [5, 5.41) is 4.18. The number of carbonyl (C=O) groups is 1. The van der Waals surface area contributed by atoms with E-state index < -0.39 is 0 Å². The summed E-state index contributed by atoms with van der Waals surface area (Å²) in [5.74, 6) is 0.230. The first-order valence-corrected chi connectivity index (χ1v) is 7.08. The highest BCUT2D eigenvalue weighted by Gasteiger charge is 2.25. The molecule has 1 saturated heterocycles. The normalized spacial score (nSPS) is 19.9. The van der Waals surface area contributed by atoms with Crippen LogP contribution < -0.4 is 0 Å². The Kier molecular flexibility index (Phi) is 4.90. The predicted octanol–water partition coefficient (Wildman–Crippen LogP) is 0.783. The molecule has 0 N–H and O–H groups in total. The lowest BCUT2D eigenvalue weighted by Gasteiger charge is -2.33. The van der Waals surface area contributed by atoms with Crippen molar-refractivity contribution in [3.05, 3.63) is 12.7 Å². The van der Waals surface area contributed by atoms with Crippen molar-refractivity contribution in [2.24, 2.45) is 0 Å². The molecule has 1 aliphatic rings. The summed E-state index contributed by atoms with van der Waals surface area (Å²) in [7, 11) is 0. The van der Waals surface area contributed by atoms with E-state index in [4.69, 9.17) is 0 Å². The predicted molar refractivity (Wildman–Crippen MR) is 72.7 cm³/mol. The molecule has 1 aliphatic heterocycles. The number of likely N-dealkylation sites (N-methyl/N-ethyl adjacent to an activating group) is 1. The Bertz CT molecular complexity index is 388. The Labute approximate surface area is 114 Å². The standard InChI is InChI=1S/C13H23N5O/c1-3-16(4-2)9-13(19)17-7-5-6-12(8-17)18-11-14-10-15-18/h10-12H,3-9H2,1-2H3/t12-/m0/s1. The molecule has 0 aliphatic carbocycles. The van der Waals surface area contributed by atoms with Crippen LogP contribution in [0.1, 0.15) is 32.7 Å². The summed E-state index contributed by atoms with van der Waals surface area (Å²) in [6, 6.07) is 0.275. The number of amides is 1. The first-order valence-electron chi connectivity index (χ1n) is 7.08. The largest absolute Gasteiger partial charge is 0.339 e. The molecule has 0 saturated carbocycles. The molecule has 0 spiro atoms. The van der Waals surface area contributed by atoms with E-state index in [0.717, 1.165) is 39.0 Å². The third-order valence-corrected chi connectivity index (χ3v) is 3.81. The van der Waals surface area contributed by atoms with Crippen LogP contribution in [0.25, 0.3) is 0 Å². The lowest BCUT2D eigenvalue weighted by Crippen LogP contribution is -2.45. The number of piperidine rings is 1. The van der Waals surface area contributed by atoms with Gasteiger partial charge >= 0.3 is 0 Å². The maximum atomic E-state index is 12.3. The van der Waals surface area contributed by atoms with Crippen molar-refractivity contribution in [1.82, 2.24) is 24.6 Å². The Morgan fingerprint density at radius 3 is 2.84 bits per heavy atom. The molecule has 2 rings (SSSR count). The number of carbonyl (C=O) groups excluding carboxylic acids is 1. The molecule has 6 nitrogen and oxygen atoms in total. The minimum atomic E-state index is 0.230. The van der Waals surface area contributed by atoms with Gasteiger partial charge in [-0.15, -0.1) is 0 Å². The Balaban J connectivity index is 1.91. The van der Waals surface area contributed by atoms with Crippen LogP contribution in [0.15, 0.2) is 12.7 Å². The van der Waals surface area contributed by atoms with Crippen molar-refractivity contribution in [3.8, 4) is 0 Å². The van der Waals surface area contributed by atoms with E-state index in [1.54, 1.807) is 12.7 Å². The first-order chi connectivity index (χ1) is 9.24. The highest BCUT2D eigenvalue weighted by Crippen LogP contribution is 2.20. The van der Waals surface area contributed by atoms with Crippen LogP contribution >= 0.6 is 0 Å². The van der Waals surface area contributed by atoms with E-state index in [2.05, 4.69) is 28.8 Å². The fourth-order valence-corrected chi connectivity index (χ4v) is 2.54. The van der Waals surface area contributed by atoms with E-state index in [1.807, 2.05) is 9.58 Å². The van der Waals surface area contributed by atoms with Crippen LogP contribution in [-0.2, 0) is 4.79 Å².